The van der Waals surface area contributed by atoms with Crippen LogP contribution in [0.4, 0.5) is 21.0 Å². The summed E-state index contributed by atoms with van der Waals surface area (Å²) in [5, 5.41) is 3.01. The Hall–Kier alpha value is -2.28. The van der Waals surface area contributed by atoms with Crippen LogP contribution in [-0.4, -0.2) is 79.1 Å². The standard InChI is InChI=1S/C19H27N5O2/c1-21-11-12-24(19(21)26)16-5-3-14(4-6-16)20-18(25)23-10-9-15-7-8-17(13-23)22(15)2/h3-6,15,17H,7-13H2,1-2H3,(H,20,25)/t15-,17+/m1/s1. The Labute approximate surface area is 154 Å². The summed E-state index contributed by atoms with van der Waals surface area (Å²) in [6.45, 7) is 3.04. The first-order valence-corrected chi connectivity index (χ1v) is 9.43. The monoisotopic (exact) mass is 357 g/mol. The van der Waals surface area contributed by atoms with Crippen LogP contribution < -0.4 is 10.2 Å². The van der Waals surface area contributed by atoms with Crippen molar-refractivity contribution in [2.45, 2.75) is 31.3 Å². The molecule has 4 rings (SSSR count). The predicted molar refractivity (Wildman–Crippen MR) is 102 cm³/mol. The zero-order chi connectivity index (χ0) is 18.3. The van der Waals surface area contributed by atoms with Gasteiger partial charge >= 0.3 is 12.1 Å². The average molecular weight is 357 g/mol. The highest BCUT2D eigenvalue weighted by Gasteiger charge is 2.36. The number of hydrogen-bond acceptors (Lipinski definition) is 3. The van der Waals surface area contributed by atoms with Crippen LogP contribution in [-0.2, 0) is 0 Å². The van der Waals surface area contributed by atoms with Crippen molar-refractivity contribution in [3.05, 3.63) is 24.3 Å². The quantitative estimate of drug-likeness (QED) is 0.883. The van der Waals surface area contributed by atoms with Gasteiger partial charge in [-0.05, 0) is 50.6 Å². The lowest BCUT2D eigenvalue weighted by Gasteiger charge is -2.26. The minimum atomic E-state index is -0.0318. The number of nitrogens with one attached hydrogen (secondary N) is 1. The Balaban J connectivity index is 1.38. The van der Waals surface area contributed by atoms with Crippen molar-refractivity contribution in [2.24, 2.45) is 0 Å². The van der Waals surface area contributed by atoms with E-state index in [4.69, 9.17) is 0 Å². The van der Waals surface area contributed by atoms with E-state index in [2.05, 4.69) is 17.3 Å². The van der Waals surface area contributed by atoms with Gasteiger partial charge in [0.2, 0.25) is 0 Å². The summed E-state index contributed by atoms with van der Waals surface area (Å²) < 4.78 is 0. The Kier molecular flexibility index (Phi) is 4.48. The zero-order valence-electron chi connectivity index (χ0n) is 15.5. The van der Waals surface area contributed by atoms with Gasteiger partial charge in [-0.1, -0.05) is 0 Å². The lowest BCUT2D eigenvalue weighted by Crippen LogP contribution is -2.41. The maximum Gasteiger partial charge on any atom is 0.324 e. The molecule has 0 radical (unpaired) electrons. The van der Waals surface area contributed by atoms with Crippen LogP contribution in [0.15, 0.2) is 24.3 Å². The maximum atomic E-state index is 12.7. The van der Waals surface area contributed by atoms with Crippen molar-refractivity contribution in [3.8, 4) is 0 Å². The molecule has 0 saturated carbocycles. The summed E-state index contributed by atoms with van der Waals surface area (Å²) in [6.07, 6.45) is 3.48. The van der Waals surface area contributed by atoms with Gasteiger partial charge in [0.05, 0.1) is 0 Å². The Morgan fingerprint density at radius 2 is 1.73 bits per heavy atom. The van der Waals surface area contributed by atoms with Crippen LogP contribution in [0, 0.1) is 0 Å². The number of fused-ring (bicyclic) bond motifs is 2. The van der Waals surface area contributed by atoms with Gasteiger partial charge in [-0.2, -0.15) is 0 Å². The molecule has 2 bridgehead atoms. The molecule has 140 valence electrons. The van der Waals surface area contributed by atoms with Crippen molar-refractivity contribution in [2.75, 3.05) is 50.5 Å². The molecule has 3 aliphatic heterocycles. The molecule has 3 aliphatic rings. The fourth-order valence-corrected chi connectivity index (χ4v) is 4.31. The van der Waals surface area contributed by atoms with E-state index in [0.717, 1.165) is 37.4 Å². The molecule has 0 unspecified atom stereocenters. The van der Waals surface area contributed by atoms with Gasteiger partial charge in [0.15, 0.2) is 0 Å². The predicted octanol–water partition coefficient (Wildman–Crippen LogP) is 2.26. The van der Waals surface area contributed by atoms with Gasteiger partial charge in [-0.3, -0.25) is 9.80 Å². The summed E-state index contributed by atoms with van der Waals surface area (Å²) >= 11 is 0. The Bertz CT molecular complexity index is 692. The number of rotatable bonds is 2. The number of hydrogen-bond donors (Lipinski definition) is 1. The molecule has 0 aliphatic carbocycles. The number of benzene rings is 1. The van der Waals surface area contributed by atoms with Crippen LogP contribution >= 0.6 is 0 Å². The van der Waals surface area contributed by atoms with Gasteiger partial charge in [-0.15, -0.1) is 0 Å². The smallest absolute Gasteiger partial charge is 0.324 e. The van der Waals surface area contributed by atoms with Crippen molar-refractivity contribution < 1.29 is 9.59 Å². The number of anilines is 2. The second-order valence-corrected chi connectivity index (χ2v) is 7.62. The fourth-order valence-electron chi connectivity index (χ4n) is 4.31. The van der Waals surface area contributed by atoms with E-state index in [-0.39, 0.29) is 12.1 Å². The number of likely N-dealkylation sites (N-methyl/N-ethyl adjacent to an activating group) is 2. The lowest BCUT2D eigenvalue weighted by molar-refractivity contribution is 0.200. The largest absolute Gasteiger partial charge is 0.326 e. The van der Waals surface area contributed by atoms with Crippen LogP contribution in [0.3, 0.4) is 0 Å². The molecular weight excluding hydrogens is 330 g/mol. The van der Waals surface area contributed by atoms with Gasteiger partial charge in [0.25, 0.3) is 0 Å². The van der Waals surface area contributed by atoms with Crippen molar-refractivity contribution in [1.82, 2.24) is 14.7 Å². The second kappa shape index (κ2) is 6.79. The number of likely N-dealkylation sites (tertiary alicyclic amines) is 1. The van der Waals surface area contributed by atoms with Crippen LogP contribution in [0.2, 0.25) is 0 Å². The molecule has 4 amide bonds. The SMILES string of the molecule is CN1CCN(c2ccc(NC(=O)N3CC[C@H]4CC[C@@H](C3)N4C)cc2)C1=O. The highest BCUT2D eigenvalue weighted by atomic mass is 16.2. The van der Waals surface area contributed by atoms with Crippen molar-refractivity contribution in [1.29, 1.82) is 0 Å². The van der Waals surface area contributed by atoms with Crippen LogP contribution in [0.5, 0.6) is 0 Å². The van der Waals surface area contributed by atoms with Gasteiger partial charge in [0, 0.05) is 56.7 Å². The lowest BCUT2D eigenvalue weighted by atomic mass is 10.1. The molecule has 2 atom stereocenters. The van der Waals surface area contributed by atoms with E-state index in [1.165, 1.54) is 12.8 Å². The molecule has 7 heteroatoms. The molecule has 26 heavy (non-hydrogen) atoms. The molecule has 3 fully saturated rings. The molecular formula is C19H27N5O2. The van der Waals surface area contributed by atoms with Crippen LogP contribution in [0.25, 0.3) is 0 Å². The van der Waals surface area contributed by atoms with E-state index in [1.807, 2.05) is 36.2 Å². The zero-order valence-corrected chi connectivity index (χ0v) is 15.5. The number of carbonyl (C=O) groups excluding carboxylic acids is 2. The summed E-state index contributed by atoms with van der Waals surface area (Å²) in [5.74, 6) is 0. The van der Waals surface area contributed by atoms with Gasteiger partial charge < -0.3 is 15.1 Å². The Morgan fingerprint density at radius 3 is 2.42 bits per heavy atom. The molecule has 0 spiro atoms. The molecule has 3 saturated heterocycles. The summed E-state index contributed by atoms with van der Waals surface area (Å²) in [6, 6.07) is 8.61. The molecule has 3 heterocycles. The summed E-state index contributed by atoms with van der Waals surface area (Å²) in [7, 11) is 3.99. The van der Waals surface area contributed by atoms with Gasteiger partial charge in [-0.25, -0.2) is 9.59 Å². The molecule has 7 nitrogen and oxygen atoms in total. The van der Waals surface area contributed by atoms with Crippen LogP contribution in [0.1, 0.15) is 19.3 Å². The minimum absolute atomic E-state index is 0.0190. The number of urea groups is 2. The third-order valence-electron chi connectivity index (χ3n) is 6.08. The first kappa shape index (κ1) is 17.1. The van der Waals surface area contributed by atoms with Crippen molar-refractivity contribution in [3.63, 3.8) is 0 Å². The highest BCUT2D eigenvalue weighted by molar-refractivity contribution is 5.94. The van der Waals surface area contributed by atoms with E-state index in [9.17, 15) is 9.59 Å². The molecule has 1 aromatic rings. The summed E-state index contributed by atoms with van der Waals surface area (Å²) in [5.41, 5.74) is 1.63. The number of nitrogens with zero attached hydrogens (tertiary/aromatic N) is 4. The van der Waals surface area contributed by atoms with E-state index < -0.39 is 0 Å². The molecule has 1 N–H and O–H groups in total. The topological polar surface area (TPSA) is 59.1 Å². The molecule has 0 aromatic heterocycles. The first-order chi connectivity index (χ1) is 12.5. The molecule has 1 aromatic carbocycles. The highest BCUT2D eigenvalue weighted by Crippen LogP contribution is 2.29. The van der Waals surface area contributed by atoms with Gasteiger partial charge in [0.1, 0.15) is 0 Å². The van der Waals surface area contributed by atoms with Crippen molar-refractivity contribution >= 4 is 23.4 Å². The normalized spacial score (nSPS) is 26.4. The number of amides is 4. The minimum Gasteiger partial charge on any atom is -0.326 e. The average Bonchev–Trinajstić information content (AvgIpc) is 3.07. The van der Waals surface area contributed by atoms with E-state index in [1.54, 1.807) is 9.80 Å². The Morgan fingerprint density at radius 1 is 1.00 bits per heavy atom. The second-order valence-electron chi connectivity index (χ2n) is 7.62. The van der Waals surface area contributed by atoms with E-state index >= 15 is 0 Å². The number of carbonyl (C=O) groups is 2. The first-order valence-electron chi connectivity index (χ1n) is 9.43. The van der Waals surface area contributed by atoms with E-state index in [0.29, 0.717) is 18.6 Å². The maximum absolute atomic E-state index is 12.7. The fraction of sp³-hybridized carbons (Fsp3) is 0.579. The summed E-state index contributed by atoms with van der Waals surface area (Å²) in [4.78, 5) is 32.6. The third kappa shape index (κ3) is 3.11. The third-order valence-corrected chi connectivity index (χ3v) is 6.08.